The minimum absolute atomic E-state index is 0.617. The fourth-order valence-electron chi connectivity index (χ4n) is 2.47. The van der Waals surface area contributed by atoms with E-state index in [0.29, 0.717) is 6.04 Å². The topological polar surface area (TPSA) is 29.9 Å². The van der Waals surface area contributed by atoms with Crippen LogP contribution in [0.5, 0.6) is 0 Å². The van der Waals surface area contributed by atoms with Gasteiger partial charge < -0.3 is 9.88 Å². The fraction of sp³-hybridized carbons (Fsp3) is 0.462. The van der Waals surface area contributed by atoms with Crippen LogP contribution in [-0.2, 0) is 6.54 Å². The normalized spacial score (nSPS) is 21.4. The molecule has 16 heavy (non-hydrogen) atoms. The van der Waals surface area contributed by atoms with Gasteiger partial charge in [0.15, 0.2) is 0 Å². The maximum atomic E-state index is 4.42. The highest BCUT2D eigenvalue weighted by Gasteiger charge is 2.13. The number of hydrogen-bond donors (Lipinski definition) is 1. The van der Waals surface area contributed by atoms with Crippen LogP contribution in [0.3, 0.4) is 0 Å². The van der Waals surface area contributed by atoms with Crippen LogP contribution >= 0.6 is 0 Å². The van der Waals surface area contributed by atoms with E-state index in [1.54, 1.807) is 0 Å². The number of imidazole rings is 1. The van der Waals surface area contributed by atoms with Crippen LogP contribution in [0.25, 0.3) is 11.0 Å². The van der Waals surface area contributed by atoms with Gasteiger partial charge in [-0.1, -0.05) is 18.6 Å². The van der Waals surface area contributed by atoms with Gasteiger partial charge in [-0.05, 0) is 31.5 Å². The summed E-state index contributed by atoms with van der Waals surface area (Å²) in [5, 5.41) is 3.57. The van der Waals surface area contributed by atoms with Crippen LogP contribution in [0.4, 0.5) is 0 Å². The predicted octanol–water partition coefficient (Wildman–Crippen LogP) is 2.18. The fourth-order valence-corrected chi connectivity index (χ4v) is 2.47. The van der Waals surface area contributed by atoms with Gasteiger partial charge in [0.25, 0.3) is 0 Å². The summed E-state index contributed by atoms with van der Waals surface area (Å²) in [5.74, 6) is 0. The first-order valence-corrected chi connectivity index (χ1v) is 6.07. The zero-order valence-electron chi connectivity index (χ0n) is 9.39. The molecule has 1 fully saturated rings. The van der Waals surface area contributed by atoms with Crippen LogP contribution in [0.1, 0.15) is 19.3 Å². The maximum absolute atomic E-state index is 4.42. The molecule has 1 aromatic carbocycles. The van der Waals surface area contributed by atoms with Gasteiger partial charge in [0.1, 0.15) is 0 Å². The van der Waals surface area contributed by atoms with Crippen LogP contribution in [0, 0.1) is 0 Å². The van der Waals surface area contributed by atoms with Crippen molar-refractivity contribution in [3.05, 3.63) is 30.6 Å². The summed E-state index contributed by atoms with van der Waals surface area (Å²) in [6, 6.07) is 8.95. The van der Waals surface area contributed by atoms with Crippen molar-refractivity contribution in [2.45, 2.75) is 31.8 Å². The molecule has 0 radical (unpaired) electrons. The van der Waals surface area contributed by atoms with E-state index in [-0.39, 0.29) is 0 Å². The lowest BCUT2D eigenvalue weighted by atomic mass is 10.1. The quantitative estimate of drug-likeness (QED) is 0.832. The van der Waals surface area contributed by atoms with Gasteiger partial charge in [-0.2, -0.15) is 0 Å². The molecule has 1 aliphatic rings. The third kappa shape index (κ3) is 1.83. The molecule has 84 valence electrons. The molecular weight excluding hydrogens is 198 g/mol. The molecule has 1 atom stereocenters. The molecule has 1 aromatic heterocycles. The van der Waals surface area contributed by atoms with E-state index in [2.05, 4.69) is 33.1 Å². The maximum Gasteiger partial charge on any atom is 0.0958 e. The second-order valence-electron chi connectivity index (χ2n) is 4.53. The SMILES string of the molecule is c1ccc2c(c1)ncn2CC1CCCCN1. The first kappa shape index (κ1) is 9.85. The number of nitrogens with zero attached hydrogens (tertiary/aromatic N) is 2. The van der Waals surface area contributed by atoms with Gasteiger partial charge in [-0.3, -0.25) is 0 Å². The lowest BCUT2D eigenvalue weighted by Crippen LogP contribution is -2.37. The Morgan fingerprint density at radius 3 is 3.12 bits per heavy atom. The summed E-state index contributed by atoms with van der Waals surface area (Å²) in [6.07, 6.45) is 5.92. The van der Waals surface area contributed by atoms with Gasteiger partial charge in [0, 0.05) is 12.6 Å². The summed E-state index contributed by atoms with van der Waals surface area (Å²) in [5.41, 5.74) is 2.34. The Kier molecular flexibility index (Phi) is 2.62. The number of aromatic nitrogens is 2. The molecule has 2 heterocycles. The van der Waals surface area contributed by atoms with E-state index in [1.165, 1.54) is 24.8 Å². The van der Waals surface area contributed by atoms with Gasteiger partial charge >= 0.3 is 0 Å². The Bertz CT molecular complexity index is 469. The predicted molar refractivity (Wildman–Crippen MR) is 65.4 cm³/mol. The second-order valence-corrected chi connectivity index (χ2v) is 4.53. The van der Waals surface area contributed by atoms with Crippen LogP contribution < -0.4 is 5.32 Å². The summed E-state index contributed by atoms with van der Waals surface area (Å²) >= 11 is 0. The minimum Gasteiger partial charge on any atom is -0.329 e. The van der Waals surface area contributed by atoms with Crippen molar-refractivity contribution in [1.29, 1.82) is 0 Å². The standard InChI is InChI=1S/C13H17N3/c1-2-7-13-12(6-1)15-10-16(13)9-11-5-3-4-8-14-11/h1-2,6-7,10-11,14H,3-5,8-9H2. The first-order valence-electron chi connectivity index (χ1n) is 6.07. The van der Waals surface area contributed by atoms with E-state index >= 15 is 0 Å². The Morgan fingerprint density at radius 2 is 2.25 bits per heavy atom. The van der Waals surface area contributed by atoms with Gasteiger partial charge in [0.05, 0.1) is 17.4 Å². The third-order valence-corrected chi connectivity index (χ3v) is 3.36. The molecular formula is C13H17N3. The summed E-state index contributed by atoms with van der Waals surface area (Å²) in [6.45, 7) is 2.21. The zero-order chi connectivity index (χ0) is 10.8. The van der Waals surface area contributed by atoms with Crippen LogP contribution in [0.2, 0.25) is 0 Å². The number of fused-ring (bicyclic) bond motifs is 1. The number of hydrogen-bond acceptors (Lipinski definition) is 2. The Morgan fingerprint density at radius 1 is 1.31 bits per heavy atom. The van der Waals surface area contributed by atoms with E-state index in [0.717, 1.165) is 18.6 Å². The molecule has 1 aliphatic heterocycles. The van der Waals surface area contributed by atoms with E-state index in [1.807, 2.05) is 12.4 Å². The molecule has 0 spiro atoms. The van der Waals surface area contributed by atoms with Crippen LogP contribution in [0.15, 0.2) is 30.6 Å². The van der Waals surface area contributed by atoms with Crippen molar-refractivity contribution in [2.75, 3.05) is 6.54 Å². The lowest BCUT2D eigenvalue weighted by Gasteiger charge is -2.23. The largest absolute Gasteiger partial charge is 0.329 e. The highest BCUT2D eigenvalue weighted by atomic mass is 15.1. The Labute approximate surface area is 95.5 Å². The number of nitrogens with one attached hydrogen (secondary N) is 1. The molecule has 0 amide bonds. The molecule has 1 saturated heterocycles. The number of para-hydroxylation sites is 2. The number of benzene rings is 1. The van der Waals surface area contributed by atoms with Crippen molar-refractivity contribution in [3.8, 4) is 0 Å². The highest BCUT2D eigenvalue weighted by molar-refractivity contribution is 5.74. The van der Waals surface area contributed by atoms with Crippen molar-refractivity contribution in [3.63, 3.8) is 0 Å². The molecule has 1 N–H and O–H groups in total. The average molecular weight is 215 g/mol. The number of rotatable bonds is 2. The van der Waals surface area contributed by atoms with Crippen molar-refractivity contribution < 1.29 is 0 Å². The van der Waals surface area contributed by atoms with Crippen molar-refractivity contribution in [1.82, 2.24) is 14.9 Å². The summed E-state index contributed by atoms with van der Waals surface area (Å²) in [4.78, 5) is 4.42. The summed E-state index contributed by atoms with van der Waals surface area (Å²) < 4.78 is 2.26. The van der Waals surface area contributed by atoms with E-state index < -0.39 is 0 Å². The summed E-state index contributed by atoms with van der Waals surface area (Å²) in [7, 11) is 0. The van der Waals surface area contributed by atoms with Gasteiger partial charge in [-0.15, -0.1) is 0 Å². The van der Waals surface area contributed by atoms with Crippen molar-refractivity contribution >= 4 is 11.0 Å². The molecule has 0 saturated carbocycles. The molecule has 3 heteroatoms. The van der Waals surface area contributed by atoms with Crippen LogP contribution in [-0.4, -0.2) is 22.1 Å². The molecule has 3 nitrogen and oxygen atoms in total. The zero-order valence-corrected chi connectivity index (χ0v) is 9.39. The smallest absolute Gasteiger partial charge is 0.0958 e. The Hall–Kier alpha value is -1.35. The molecule has 2 aromatic rings. The van der Waals surface area contributed by atoms with Gasteiger partial charge in [-0.25, -0.2) is 4.98 Å². The van der Waals surface area contributed by atoms with E-state index in [4.69, 9.17) is 0 Å². The second kappa shape index (κ2) is 4.26. The lowest BCUT2D eigenvalue weighted by molar-refractivity contribution is 0.366. The first-order chi connectivity index (χ1) is 7.93. The minimum atomic E-state index is 0.617. The average Bonchev–Trinajstić information content (AvgIpc) is 2.74. The molecule has 3 rings (SSSR count). The molecule has 0 aliphatic carbocycles. The third-order valence-electron chi connectivity index (χ3n) is 3.36. The molecule has 0 bridgehead atoms. The molecule has 1 unspecified atom stereocenters. The van der Waals surface area contributed by atoms with Crippen molar-refractivity contribution in [2.24, 2.45) is 0 Å². The monoisotopic (exact) mass is 215 g/mol. The Balaban J connectivity index is 1.83. The highest BCUT2D eigenvalue weighted by Crippen LogP contribution is 2.15. The van der Waals surface area contributed by atoms with Gasteiger partial charge in [0.2, 0.25) is 0 Å². The van der Waals surface area contributed by atoms with E-state index in [9.17, 15) is 0 Å². The number of piperidine rings is 1.